The molecule has 41 heavy (non-hydrogen) atoms. The number of aliphatic hydroxyl groups excluding tert-OH is 1. The van der Waals surface area contributed by atoms with Crippen molar-refractivity contribution in [2.75, 3.05) is 52.5 Å². The number of nitrogens with zero attached hydrogens (tertiary/aromatic N) is 6. The molecule has 0 aliphatic carbocycles. The van der Waals surface area contributed by atoms with Gasteiger partial charge < -0.3 is 14.7 Å². The number of aliphatic hydroxyl groups is 1. The Hall–Kier alpha value is -4.35. The fourth-order valence-electron chi connectivity index (χ4n) is 4.08. The first-order valence-electron chi connectivity index (χ1n) is 12.7. The van der Waals surface area contributed by atoms with E-state index in [0.29, 0.717) is 31.9 Å². The molecule has 0 saturated carbocycles. The van der Waals surface area contributed by atoms with Gasteiger partial charge in [0.1, 0.15) is 6.61 Å². The molecule has 0 aromatic heterocycles. The van der Waals surface area contributed by atoms with Gasteiger partial charge in [0.25, 0.3) is 11.4 Å². The second kappa shape index (κ2) is 16.7. The van der Waals surface area contributed by atoms with Gasteiger partial charge in [0.2, 0.25) is 5.82 Å². The monoisotopic (exact) mass is 582 g/mol. The van der Waals surface area contributed by atoms with Crippen LogP contribution in [0, 0.1) is 46.3 Å². The molecule has 4 rings (SSSR count). The summed E-state index contributed by atoms with van der Waals surface area (Å²) in [6.07, 6.45) is 4.97. The van der Waals surface area contributed by atoms with Crippen LogP contribution in [0.1, 0.15) is 25.7 Å². The molecule has 0 amide bonds. The molecule has 0 atom stereocenters. The van der Waals surface area contributed by atoms with Crippen LogP contribution in [-0.2, 0) is 0 Å². The third kappa shape index (κ3) is 11.0. The van der Waals surface area contributed by atoms with Crippen molar-refractivity contribution in [1.82, 2.24) is 9.80 Å². The smallest absolute Gasteiger partial charge is 0.317 e. The molecule has 2 heterocycles. The number of ether oxygens (including phenoxy) is 1. The summed E-state index contributed by atoms with van der Waals surface area (Å²) in [5.41, 5.74) is -2.09. The van der Waals surface area contributed by atoms with E-state index < -0.39 is 36.9 Å². The highest BCUT2D eigenvalue weighted by molar-refractivity contribution is 5.53. The van der Waals surface area contributed by atoms with E-state index in [0.717, 1.165) is 44.6 Å². The third-order valence-electron chi connectivity index (χ3n) is 6.17. The zero-order chi connectivity index (χ0) is 30.4. The lowest BCUT2D eigenvalue weighted by molar-refractivity contribution is -0.395. The number of non-ortho nitro benzene ring substituents is 2. The maximum atomic E-state index is 12.6. The summed E-state index contributed by atoms with van der Waals surface area (Å²) in [4.78, 5) is 43.1. The molecule has 224 valence electrons. The molecule has 2 aliphatic rings. The number of hydrogen-bond acceptors (Lipinski definition) is 12. The van der Waals surface area contributed by atoms with Gasteiger partial charge in [0, 0.05) is 25.2 Å². The van der Waals surface area contributed by atoms with Crippen LogP contribution in [0.15, 0.2) is 36.4 Å². The second-order valence-electron chi connectivity index (χ2n) is 8.99. The van der Waals surface area contributed by atoms with Crippen molar-refractivity contribution >= 4 is 22.7 Å². The number of β-amino-alcohol motifs (C(OH)–C–C–N with tert-alkyl or cyclic N) is 1. The number of likely N-dealkylation sites (tertiary alicyclic amines) is 2. The van der Waals surface area contributed by atoms with Crippen LogP contribution in [-0.4, -0.2) is 87.1 Å². The first-order chi connectivity index (χ1) is 19.5. The largest absolute Gasteiger partial charge is 0.485 e. The quantitative estimate of drug-likeness (QED) is 0.314. The van der Waals surface area contributed by atoms with E-state index in [-0.39, 0.29) is 17.1 Å². The Morgan fingerprint density at radius 3 is 1.63 bits per heavy atom. The van der Waals surface area contributed by atoms with Crippen LogP contribution in [0.5, 0.6) is 5.75 Å². The Balaban J connectivity index is 0.000000239. The summed E-state index contributed by atoms with van der Waals surface area (Å²) >= 11 is 0. The van der Waals surface area contributed by atoms with Crippen LogP contribution < -0.4 is 4.74 Å². The lowest BCUT2D eigenvalue weighted by Crippen LogP contribution is -2.25. The molecule has 2 aliphatic heterocycles. The fourth-order valence-corrected chi connectivity index (χ4v) is 4.08. The van der Waals surface area contributed by atoms with Crippen molar-refractivity contribution in [2.24, 2.45) is 0 Å². The zero-order valence-electron chi connectivity index (χ0n) is 22.1. The van der Waals surface area contributed by atoms with Crippen LogP contribution in [0.4, 0.5) is 27.1 Å². The van der Waals surface area contributed by atoms with E-state index in [1.807, 2.05) is 0 Å². The first kappa shape index (κ1) is 32.9. The number of benzene rings is 2. The van der Waals surface area contributed by atoms with Crippen LogP contribution >= 0.6 is 0 Å². The SMILES string of the molecule is O=[N+]([O-])c1ccc(F)c([N+](=O)[O-])c1.O=[N+]([O-])c1ccc(OCCN2CCCC2)c([N+](=O)[O-])c1.OCCN1CCCC1. The average Bonchev–Trinajstić information content (AvgIpc) is 3.64. The Labute approximate surface area is 233 Å². The van der Waals surface area contributed by atoms with E-state index in [1.54, 1.807) is 0 Å². The van der Waals surface area contributed by atoms with Crippen LogP contribution in [0.25, 0.3) is 0 Å². The van der Waals surface area contributed by atoms with E-state index in [2.05, 4.69) is 9.80 Å². The van der Waals surface area contributed by atoms with Gasteiger partial charge in [-0.05, 0) is 64.0 Å². The Kier molecular flexibility index (Phi) is 13.4. The molecule has 0 bridgehead atoms. The van der Waals surface area contributed by atoms with E-state index >= 15 is 0 Å². The third-order valence-corrected chi connectivity index (χ3v) is 6.17. The minimum atomic E-state index is -1.09. The highest BCUT2D eigenvalue weighted by Gasteiger charge is 2.21. The van der Waals surface area contributed by atoms with Gasteiger partial charge in [0.05, 0.1) is 38.4 Å². The zero-order valence-corrected chi connectivity index (χ0v) is 22.1. The number of hydrogen-bond donors (Lipinski definition) is 1. The summed E-state index contributed by atoms with van der Waals surface area (Å²) in [7, 11) is 0. The molecule has 0 unspecified atom stereocenters. The van der Waals surface area contributed by atoms with Gasteiger partial charge in [-0.3, -0.25) is 45.4 Å². The van der Waals surface area contributed by atoms with Gasteiger partial charge in [-0.15, -0.1) is 0 Å². The van der Waals surface area contributed by atoms with Gasteiger partial charge in [-0.25, -0.2) is 0 Å². The summed E-state index contributed by atoms with van der Waals surface area (Å²) in [5, 5.41) is 50.3. The topological polar surface area (TPSA) is 208 Å². The Bertz CT molecular complexity index is 1210. The Morgan fingerprint density at radius 1 is 0.707 bits per heavy atom. The molecule has 16 nitrogen and oxygen atoms in total. The molecule has 2 fully saturated rings. The molecule has 2 saturated heterocycles. The predicted molar refractivity (Wildman–Crippen MR) is 143 cm³/mol. The van der Waals surface area contributed by atoms with E-state index in [4.69, 9.17) is 9.84 Å². The van der Waals surface area contributed by atoms with E-state index in [9.17, 15) is 44.8 Å². The minimum absolute atomic E-state index is 0.0693. The van der Waals surface area contributed by atoms with Gasteiger partial charge in [-0.1, -0.05) is 0 Å². The molecular weight excluding hydrogens is 551 g/mol. The number of rotatable bonds is 10. The summed E-state index contributed by atoms with van der Waals surface area (Å²) in [5.74, 6) is -1.02. The van der Waals surface area contributed by atoms with Crippen LogP contribution in [0.2, 0.25) is 0 Å². The second-order valence-corrected chi connectivity index (χ2v) is 8.99. The van der Waals surface area contributed by atoms with Crippen molar-refractivity contribution in [3.8, 4) is 5.75 Å². The van der Waals surface area contributed by atoms with Gasteiger partial charge in [0.15, 0.2) is 5.75 Å². The predicted octanol–water partition coefficient (Wildman–Crippen LogP) is 3.69. The standard InChI is InChI=1S/C12H15N3O5.C6H3FN2O4.C6H13NO/c16-14(17)10-3-4-12(11(9-10)15(18)19)20-8-7-13-5-1-2-6-13;7-5-2-1-4(8(10)11)3-6(5)9(12)13;8-6-5-7-3-1-2-4-7/h3-4,9H,1-2,5-8H2;1-3H;8H,1-6H2. The average molecular weight is 583 g/mol. The summed E-state index contributed by atoms with van der Waals surface area (Å²) < 4.78 is 18.0. The van der Waals surface area contributed by atoms with Gasteiger partial charge >= 0.3 is 11.4 Å². The lowest BCUT2D eigenvalue weighted by Gasteiger charge is -2.14. The van der Waals surface area contributed by atoms with Crippen molar-refractivity contribution in [3.05, 3.63) is 82.7 Å². The molecule has 2 aromatic rings. The van der Waals surface area contributed by atoms with Crippen molar-refractivity contribution in [3.63, 3.8) is 0 Å². The van der Waals surface area contributed by atoms with Crippen LogP contribution in [0.3, 0.4) is 0 Å². The number of nitro benzene ring substituents is 4. The van der Waals surface area contributed by atoms with Crippen molar-refractivity contribution in [1.29, 1.82) is 0 Å². The highest BCUT2D eigenvalue weighted by atomic mass is 19.1. The number of halogens is 1. The van der Waals surface area contributed by atoms with Gasteiger partial charge in [-0.2, -0.15) is 4.39 Å². The molecular formula is C24H31FN6O10. The lowest BCUT2D eigenvalue weighted by atomic mass is 10.2. The maximum absolute atomic E-state index is 12.6. The molecule has 0 spiro atoms. The molecule has 17 heteroatoms. The molecule has 0 radical (unpaired) electrons. The first-order valence-corrected chi connectivity index (χ1v) is 12.7. The normalized spacial score (nSPS) is 14.8. The highest BCUT2D eigenvalue weighted by Crippen LogP contribution is 2.31. The van der Waals surface area contributed by atoms with Crippen molar-refractivity contribution in [2.45, 2.75) is 25.7 Å². The van der Waals surface area contributed by atoms with E-state index in [1.165, 1.54) is 38.1 Å². The van der Waals surface area contributed by atoms with Crippen molar-refractivity contribution < 1.29 is 33.9 Å². The molecule has 1 N–H and O–H groups in total. The maximum Gasteiger partial charge on any atom is 0.317 e. The summed E-state index contributed by atoms with van der Waals surface area (Å²) in [6.45, 7) is 6.66. The minimum Gasteiger partial charge on any atom is -0.485 e. The summed E-state index contributed by atoms with van der Waals surface area (Å²) in [6, 6.07) is 5.54. The molecule has 2 aromatic carbocycles. The Morgan fingerprint density at radius 2 is 1.17 bits per heavy atom. The number of nitro groups is 4. The fraction of sp³-hybridized carbons (Fsp3) is 0.500.